The molecule has 1 N–H and O–H groups in total. The van der Waals surface area contributed by atoms with Crippen LogP contribution in [0.5, 0.6) is 0 Å². The first-order valence-electron chi connectivity index (χ1n) is 4.62. The van der Waals surface area contributed by atoms with Gasteiger partial charge in [-0.15, -0.1) is 11.3 Å². The van der Waals surface area contributed by atoms with Crippen molar-refractivity contribution in [3.63, 3.8) is 0 Å². The molecule has 0 aliphatic carbocycles. The molecule has 96 valence electrons. The summed E-state index contributed by atoms with van der Waals surface area (Å²) in [5.41, 5.74) is 0.261. The zero-order chi connectivity index (χ0) is 13.3. The Balaban J connectivity index is 2.29. The van der Waals surface area contributed by atoms with Crippen molar-refractivity contribution in [2.45, 2.75) is 4.21 Å². The van der Waals surface area contributed by atoms with Gasteiger partial charge in [0.25, 0.3) is 10.0 Å². The first-order chi connectivity index (χ1) is 8.38. The highest BCUT2D eigenvalue weighted by atomic mass is 35.5. The third-order valence-corrected chi connectivity index (χ3v) is 5.70. The number of nitrogens with one attached hydrogen (secondary N) is 1. The number of halogens is 3. The third-order valence-electron chi connectivity index (χ3n) is 1.98. The quantitative estimate of drug-likeness (QED) is 0.927. The van der Waals surface area contributed by atoms with E-state index >= 15 is 0 Å². The molecule has 1 aromatic carbocycles. The van der Waals surface area contributed by atoms with E-state index in [0.29, 0.717) is 0 Å². The van der Waals surface area contributed by atoms with Gasteiger partial charge in [-0.05, 0) is 30.3 Å². The first kappa shape index (κ1) is 13.6. The second-order valence-corrected chi connectivity index (χ2v) is 7.27. The average Bonchev–Trinajstić information content (AvgIpc) is 2.63. The van der Waals surface area contributed by atoms with E-state index in [1.54, 1.807) is 0 Å². The van der Waals surface area contributed by atoms with E-state index in [0.717, 1.165) is 23.5 Å². The summed E-state index contributed by atoms with van der Waals surface area (Å²) in [6.07, 6.45) is 0. The van der Waals surface area contributed by atoms with Gasteiger partial charge in [0.15, 0.2) is 0 Å². The predicted octanol–water partition coefficient (Wildman–Crippen LogP) is 3.99. The number of sulfonamides is 1. The summed E-state index contributed by atoms with van der Waals surface area (Å²) in [6, 6.07) is 6.23. The number of hydrogen-bond acceptors (Lipinski definition) is 3. The van der Waals surface area contributed by atoms with Crippen LogP contribution in [0.1, 0.15) is 0 Å². The Kier molecular flexibility index (Phi) is 3.82. The maximum Gasteiger partial charge on any atom is 0.271 e. The summed E-state index contributed by atoms with van der Waals surface area (Å²) in [5, 5.41) is 0.182. The molecule has 1 heterocycles. The lowest BCUT2D eigenvalue weighted by molar-refractivity contribution is 0.603. The lowest BCUT2D eigenvalue weighted by Gasteiger charge is -2.05. The highest BCUT2D eigenvalue weighted by Gasteiger charge is 2.19. The van der Waals surface area contributed by atoms with Crippen LogP contribution in [0.4, 0.5) is 10.1 Å². The molecule has 0 spiro atoms. The zero-order valence-corrected chi connectivity index (χ0v) is 11.8. The molecule has 0 fully saturated rings. The molecule has 8 heteroatoms. The van der Waals surface area contributed by atoms with Gasteiger partial charge in [-0.25, -0.2) is 12.8 Å². The van der Waals surface area contributed by atoms with Crippen LogP contribution in [0.25, 0.3) is 0 Å². The van der Waals surface area contributed by atoms with Crippen molar-refractivity contribution in [3.8, 4) is 0 Å². The van der Waals surface area contributed by atoms with E-state index < -0.39 is 15.8 Å². The van der Waals surface area contributed by atoms with Crippen molar-refractivity contribution >= 4 is 50.2 Å². The average molecular weight is 326 g/mol. The Morgan fingerprint density at radius 2 is 1.78 bits per heavy atom. The molecule has 0 bridgehead atoms. The van der Waals surface area contributed by atoms with Gasteiger partial charge in [0.1, 0.15) is 14.4 Å². The molecular formula is C10H6Cl2FNO2S2. The van der Waals surface area contributed by atoms with E-state index in [1.807, 2.05) is 0 Å². The normalized spacial score (nSPS) is 11.5. The molecule has 2 rings (SSSR count). The number of benzene rings is 1. The van der Waals surface area contributed by atoms with Crippen molar-refractivity contribution in [1.29, 1.82) is 0 Å². The van der Waals surface area contributed by atoms with Gasteiger partial charge in [0.05, 0.1) is 5.02 Å². The van der Waals surface area contributed by atoms with Crippen LogP contribution >= 0.6 is 34.5 Å². The first-order valence-corrected chi connectivity index (χ1v) is 7.67. The van der Waals surface area contributed by atoms with Crippen LogP contribution in [0.2, 0.25) is 9.36 Å². The highest BCUT2D eigenvalue weighted by molar-refractivity contribution is 7.94. The molecule has 0 atom stereocenters. The summed E-state index contributed by atoms with van der Waals surface area (Å²) >= 11 is 12.3. The summed E-state index contributed by atoms with van der Waals surface area (Å²) in [7, 11) is -3.75. The molecule has 2 aromatic rings. The van der Waals surface area contributed by atoms with Gasteiger partial charge in [-0.3, -0.25) is 4.72 Å². The zero-order valence-electron chi connectivity index (χ0n) is 8.65. The van der Waals surface area contributed by atoms with E-state index in [-0.39, 0.29) is 19.3 Å². The SMILES string of the molecule is O=S(=O)(Nc1ccc(F)cc1)c1cc(Cl)c(Cl)s1. The molecule has 3 nitrogen and oxygen atoms in total. The minimum Gasteiger partial charge on any atom is -0.279 e. The van der Waals surface area contributed by atoms with Crippen molar-refractivity contribution in [2.75, 3.05) is 4.72 Å². The molecule has 0 saturated carbocycles. The van der Waals surface area contributed by atoms with Crippen molar-refractivity contribution in [3.05, 3.63) is 45.5 Å². The summed E-state index contributed by atoms with van der Waals surface area (Å²) < 4.78 is 39.1. The summed E-state index contributed by atoms with van der Waals surface area (Å²) in [5.74, 6) is -0.444. The fourth-order valence-corrected chi connectivity index (χ4v) is 4.12. The molecule has 0 saturated heterocycles. The van der Waals surface area contributed by atoms with Gasteiger partial charge >= 0.3 is 0 Å². The molecule has 18 heavy (non-hydrogen) atoms. The Morgan fingerprint density at radius 3 is 2.28 bits per heavy atom. The summed E-state index contributed by atoms with van der Waals surface area (Å²) in [6.45, 7) is 0. The largest absolute Gasteiger partial charge is 0.279 e. The second kappa shape index (κ2) is 5.05. The predicted molar refractivity (Wildman–Crippen MR) is 71.5 cm³/mol. The number of hydrogen-bond donors (Lipinski definition) is 1. The Bertz CT molecular complexity index is 648. The molecule has 0 radical (unpaired) electrons. The van der Waals surface area contributed by atoms with E-state index in [4.69, 9.17) is 23.2 Å². The van der Waals surface area contributed by atoms with Gasteiger partial charge < -0.3 is 0 Å². The van der Waals surface area contributed by atoms with Crippen molar-refractivity contribution in [2.24, 2.45) is 0 Å². The third kappa shape index (κ3) is 2.95. The van der Waals surface area contributed by atoms with Crippen LogP contribution in [-0.2, 0) is 10.0 Å². The minimum absolute atomic E-state index is 0.00169. The van der Waals surface area contributed by atoms with Gasteiger partial charge in [0.2, 0.25) is 0 Å². The van der Waals surface area contributed by atoms with Crippen LogP contribution in [0.3, 0.4) is 0 Å². The summed E-state index contributed by atoms with van der Waals surface area (Å²) in [4.78, 5) is 0. The standard InChI is InChI=1S/C10H6Cl2FNO2S2/c11-8-5-9(17-10(8)12)18(15,16)14-7-3-1-6(13)2-4-7/h1-5,14H. The maximum absolute atomic E-state index is 12.7. The Morgan fingerprint density at radius 1 is 1.17 bits per heavy atom. The van der Waals surface area contributed by atoms with Gasteiger partial charge in [0, 0.05) is 5.69 Å². The van der Waals surface area contributed by atoms with Gasteiger partial charge in [-0.2, -0.15) is 0 Å². The van der Waals surface area contributed by atoms with Crippen LogP contribution in [0, 0.1) is 5.82 Å². The fourth-order valence-electron chi connectivity index (χ4n) is 1.18. The van der Waals surface area contributed by atoms with Crippen LogP contribution in [-0.4, -0.2) is 8.42 Å². The molecule has 0 amide bonds. The fraction of sp³-hybridized carbons (Fsp3) is 0. The topological polar surface area (TPSA) is 46.2 Å². The molecule has 0 aliphatic heterocycles. The molecule has 1 aromatic heterocycles. The van der Waals surface area contributed by atoms with Crippen LogP contribution in [0.15, 0.2) is 34.5 Å². The van der Waals surface area contributed by atoms with Gasteiger partial charge in [-0.1, -0.05) is 23.2 Å². The van der Waals surface area contributed by atoms with E-state index in [2.05, 4.69) is 4.72 Å². The Hall–Kier alpha value is -0.820. The number of thiophene rings is 1. The lowest BCUT2D eigenvalue weighted by Crippen LogP contribution is -2.11. The van der Waals surface area contributed by atoms with E-state index in [1.165, 1.54) is 18.2 Å². The number of rotatable bonds is 3. The van der Waals surface area contributed by atoms with Crippen LogP contribution < -0.4 is 4.72 Å². The highest BCUT2D eigenvalue weighted by Crippen LogP contribution is 2.34. The molecular weight excluding hydrogens is 320 g/mol. The van der Waals surface area contributed by atoms with Crippen molar-refractivity contribution < 1.29 is 12.8 Å². The minimum atomic E-state index is -3.75. The monoisotopic (exact) mass is 325 g/mol. The second-order valence-electron chi connectivity index (χ2n) is 3.30. The lowest BCUT2D eigenvalue weighted by atomic mass is 10.3. The molecule has 0 aliphatic rings. The van der Waals surface area contributed by atoms with E-state index in [9.17, 15) is 12.8 Å². The number of anilines is 1. The van der Waals surface area contributed by atoms with Crippen molar-refractivity contribution in [1.82, 2.24) is 0 Å². The Labute approximate surface area is 117 Å². The smallest absolute Gasteiger partial charge is 0.271 e. The molecule has 0 unspecified atom stereocenters. The maximum atomic E-state index is 12.7.